The summed E-state index contributed by atoms with van der Waals surface area (Å²) >= 11 is 0. The van der Waals surface area contributed by atoms with Crippen molar-refractivity contribution in [3.63, 3.8) is 0 Å². The lowest BCUT2D eigenvalue weighted by Gasteiger charge is -2.34. The first kappa shape index (κ1) is 22.0. The molecule has 3 aliphatic rings. The number of rotatable bonds is 7. The molecule has 1 saturated heterocycles. The molecule has 2 aromatic heterocycles. The second-order valence-electron chi connectivity index (χ2n) is 10.7. The van der Waals surface area contributed by atoms with E-state index in [-0.39, 0.29) is 31.3 Å². The van der Waals surface area contributed by atoms with Crippen LogP contribution in [0.2, 0.25) is 0 Å². The van der Waals surface area contributed by atoms with E-state index in [2.05, 4.69) is 25.8 Å². The van der Waals surface area contributed by atoms with Gasteiger partial charge in [0.25, 0.3) is 0 Å². The zero-order valence-corrected chi connectivity index (χ0v) is 19.4. The molecular weight excluding hydrogens is 424 g/mol. The first-order valence-corrected chi connectivity index (χ1v) is 11.8. The fourth-order valence-electron chi connectivity index (χ4n) is 4.66. The SMILES string of the molecule is CC(C)(C)[C@@H](C(=O)N1CC(O)CC1C(=O)NCc1nncn1C1CC1)n1cc(C2CC2)nn1. The van der Waals surface area contributed by atoms with Crippen LogP contribution in [0.25, 0.3) is 0 Å². The Labute approximate surface area is 192 Å². The molecule has 3 fully saturated rings. The number of aliphatic hydroxyl groups is 1. The zero-order valence-electron chi connectivity index (χ0n) is 19.4. The molecule has 178 valence electrons. The Bertz CT molecular complexity index is 1030. The van der Waals surface area contributed by atoms with E-state index in [1.54, 1.807) is 11.0 Å². The van der Waals surface area contributed by atoms with Crippen LogP contribution in [0.1, 0.15) is 82.4 Å². The van der Waals surface area contributed by atoms with Crippen molar-refractivity contribution in [3.05, 3.63) is 24.0 Å². The van der Waals surface area contributed by atoms with E-state index < -0.39 is 23.6 Å². The Hall–Kier alpha value is -2.82. The lowest BCUT2D eigenvalue weighted by molar-refractivity contribution is -0.144. The molecule has 2 unspecified atom stereocenters. The summed E-state index contributed by atoms with van der Waals surface area (Å²) in [5.41, 5.74) is 0.452. The highest BCUT2D eigenvalue weighted by Gasteiger charge is 2.45. The van der Waals surface area contributed by atoms with Crippen molar-refractivity contribution >= 4 is 11.8 Å². The number of carbonyl (C=O) groups excluding carboxylic acids is 2. The zero-order chi connectivity index (χ0) is 23.3. The highest BCUT2D eigenvalue weighted by molar-refractivity contribution is 5.90. The number of aliphatic hydroxyl groups excluding tert-OH is 1. The Kier molecular flexibility index (Phi) is 5.46. The van der Waals surface area contributed by atoms with Crippen molar-refractivity contribution in [1.29, 1.82) is 0 Å². The summed E-state index contributed by atoms with van der Waals surface area (Å²) < 4.78 is 3.62. The van der Waals surface area contributed by atoms with Crippen LogP contribution >= 0.6 is 0 Å². The van der Waals surface area contributed by atoms with Gasteiger partial charge in [0.2, 0.25) is 11.8 Å². The normalized spacial score (nSPS) is 24.2. The molecule has 2 aliphatic carbocycles. The standard InChI is InChI=1S/C22H32N8O3/c1-22(2,3)19(30-11-16(25-27-30)13-4-5-13)21(33)28-10-15(31)8-17(28)20(32)23-9-18-26-24-12-29(18)14-6-7-14/h11-15,17,19,31H,4-10H2,1-3H3,(H,23,32)/t15?,17?,19-/m1/s1. The Morgan fingerprint density at radius 2 is 1.97 bits per heavy atom. The van der Waals surface area contributed by atoms with E-state index in [1.165, 1.54) is 4.90 Å². The molecule has 11 heteroatoms. The van der Waals surface area contributed by atoms with Crippen LogP contribution in [0.5, 0.6) is 0 Å². The Balaban J connectivity index is 1.32. The molecule has 11 nitrogen and oxygen atoms in total. The molecule has 1 aliphatic heterocycles. The van der Waals surface area contributed by atoms with Gasteiger partial charge in [-0.15, -0.1) is 15.3 Å². The van der Waals surface area contributed by atoms with Gasteiger partial charge in [-0.3, -0.25) is 9.59 Å². The predicted octanol–water partition coefficient (Wildman–Crippen LogP) is 0.947. The highest BCUT2D eigenvalue weighted by atomic mass is 16.3. The molecule has 2 N–H and O–H groups in total. The average molecular weight is 457 g/mol. The summed E-state index contributed by atoms with van der Waals surface area (Å²) in [6.07, 6.45) is 7.38. The second-order valence-corrected chi connectivity index (χ2v) is 10.7. The van der Waals surface area contributed by atoms with Crippen LogP contribution in [-0.4, -0.2) is 70.3 Å². The van der Waals surface area contributed by atoms with Crippen LogP contribution in [0.4, 0.5) is 0 Å². The maximum absolute atomic E-state index is 13.8. The average Bonchev–Trinajstić information content (AvgIpc) is 3.65. The topological polar surface area (TPSA) is 131 Å². The molecule has 0 spiro atoms. The van der Waals surface area contributed by atoms with Crippen LogP contribution in [-0.2, 0) is 16.1 Å². The second kappa shape index (κ2) is 8.19. The number of aromatic nitrogens is 6. The van der Waals surface area contributed by atoms with Gasteiger partial charge in [-0.25, -0.2) is 4.68 Å². The molecule has 3 atom stereocenters. The quantitative estimate of drug-likeness (QED) is 0.634. The number of nitrogens with zero attached hydrogens (tertiary/aromatic N) is 7. The van der Waals surface area contributed by atoms with E-state index in [1.807, 2.05) is 31.5 Å². The molecule has 5 rings (SSSR count). The summed E-state index contributed by atoms with van der Waals surface area (Å²) in [4.78, 5) is 28.4. The molecule has 2 amide bonds. The van der Waals surface area contributed by atoms with Crippen molar-refractivity contribution in [2.24, 2.45) is 5.41 Å². The molecule has 2 aromatic rings. The molecule has 33 heavy (non-hydrogen) atoms. The van der Waals surface area contributed by atoms with E-state index in [4.69, 9.17) is 0 Å². The summed E-state index contributed by atoms with van der Waals surface area (Å²) in [5.74, 6) is 0.604. The third-order valence-electron chi connectivity index (χ3n) is 6.72. The largest absolute Gasteiger partial charge is 0.391 e. The van der Waals surface area contributed by atoms with Gasteiger partial charge in [-0.2, -0.15) is 0 Å². The minimum atomic E-state index is -0.752. The maximum atomic E-state index is 13.8. The number of carbonyl (C=O) groups is 2. The van der Waals surface area contributed by atoms with Gasteiger partial charge in [-0.1, -0.05) is 26.0 Å². The van der Waals surface area contributed by atoms with Gasteiger partial charge in [-0.05, 0) is 31.1 Å². The monoisotopic (exact) mass is 456 g/mol. The van der Waals surface area contributed by atoms with Crippen molar-refractivity contribution in [2.45, 2.75) is 89.6 Å². The van der Waals surface area contributed by atoms with Gasteiger partial charge in [0.1, 0.15) is 18.4 Å². The maximum Gasteiger partial charge on any atom is 0.248 e. The summed E-state index contributed by atoms with van der Waals surface area (Å²) in [5, 5.41) is 29.9. The van der Waals surface area contributed by atoms with Crippen molar-refractivity contribution in [2.75, 3.05) is 6.54 Å². The number of hydrogen-bond acceptors (Lipinski definition) is 7. The van der Waals surface area contributed by atoms with Gasteiger partial charge in [0, 0.05) is 31.1 Å². The van der Waals surface area contributed by atoms with Crippen LogP contribution in [0.15, 0.2) is 12.5 Å². The molecule has 3 heterocycles. The fourth-order valence-corrected chi connectivity index (χ4v) is 4.66. The molecular formula is C22H32N8O3. The third-order valence-corrected chi connectivity index (χ3v) is 6.72. The van der Waals surface area contributed by atoms with Crippen molar-refractivity contribution in [1.82, 2.24) is 40.0 Å². The fraction of sp³-hybridized carbons (Fsp3) is 0.727. The van der Waals surface area contributed by atoms with Crippen LogP contribution < -0.4 is 5.32 Å². The molecule has 0 bridgehead atoms. The summed E-state index contributed by atoms with van der Waals surface area (Å²) in [6.45, 7) is 6.27. The Morgan fingerprint density at radius 3 is 2.64 bits per heavy atom. The first-order valence-electron chi connectivity index (χ1n) is 11.8. The third kappa shape index (κ3) is 4.50. The number of nitrogens with one attached hydrogen (secondary N) is 1. The van der Waals surface area contributed by atoms with Crippen molar-refractivity contribution in [3.8, 4) is 0 Å². The van der Waals surface area contributed by atoms with Gasteiger partial charge in [0.05, 0.1) is 18.3 Å². The van der Waals surface area contributed by atoms with Gasteiger partial charge in [0.15, 0.2) is 5.82 Å². The van der Waals surface area contributed by atoms with E-state index >= 15 is 0 Å². The van der Waals surface area contributed by atoms with Crippen molar-refractivity contribution < 1.29 is 14.7 Å². The molecule has 0 radical (unpaired) electrons. The smallest absolute Gasteiger partial charge is 0.248 e. The Morgan fingerprint density at radius 1 is 1.21 bits per heavy atom. The van der Waals surface area contributed by atoms with Crippen LogP contribution in [0.3, 0.4) is 0 Å². The minimum Gasteiger partial charge on any atom is -0.391 e. The molecule has 0 aromatic carbocycles. The molecule has 2 saturated carbocycles. The van der Waals surface area contributed by atoms with Gasteiger partial charge < -0.3 is 19.9 Å². The highest BCUT2D eigenvalue weighted by Crippen LogP contribution is 2.40. The minimum absolute atomic E-state index is 0.117. The first-order chi connectivity index (χ1) is 15.7. The lowest BCUT2D eigenvalue weighted by Crippen LogP contribution is -2.50. The number of likely N-dealkylation sites (tertiary alicyclic amines) is 1. The lowest BCUT2D eigenvalue weighted by atomic mass is 9.85. The summed E-state index contributed by atoms with van der Waals surface area (Å²) in [6, 6.07) is -0.967. The number of amides is 2. The van der Waals surface area contributed by atoms with Gasteiger partial charge >= 0.3 is 0 Å². The van der Waals surface area contributed by atoms with E-state index in [9.17, 15) is 14.7 Å². The number of hydrogen-bond donors (Lipinski definition) is 2. The number of β-amino-alcohol motifs (C(OH)–C–C–N with tert-alkyl or cyclic N) is 1. The summed E-state index contributed by atoms with van der Waals surface area (Å²) in [7, 11) is 0. The predicted molar refractivity (Wildman–Crippen MR) is 117 cm³/mol. The van der Waals surface area contributed by atoms with Crippen LogP contribution in [0, 0.1) is 5.41 Å². The van der Waals surface area contributed by atoms with E-state index in [0.29, 0.717) is 17.8 Å². The van der Waals surface area contributed by atoms with E-state index in [0.717, 1.165) is 31.4 Å².